The van der Waals surface area contributed by atoms with E-state index in [-0.39, 0.29) is 16.8 Å². The lowest BCUT2D eigenvalue weighted by atomic mass is 10.1. The second-order valence-corrected chi connectivity index (χ2v) is 8.51. The molecule has 0 radical (unpaired) electrons. The van der Waals surface area contributed by atoms with Crippen LogP contribution in [0.1, 0.15) is 22.5 Å². The monoisotopic (exact) mass is 511 g/mol. The van der Waals surface area contributed by atoms with Crippen molar-refractivity contribution in [1.29, 1.82) is 0 Å². The van der Waals surface area contributed by atoms with Gasteiger partial charge >= 0.3 is 6.18 Å². The number of benzene rings is 2. The maximum Gasteiger partial charge on any atom is 0.416 e. The van der Waals surface area contributed by atoms with Crippen LogP contribution in [0.5, 0.6) is 0 Å². The molecule has 0 saturated carbocycles. The Morgan fingerprint density at radius 2 is 1.75 bits per heavy atom. The first-order chi connectivity index (χ1) is 17.2. The number of thiocarbonyl (C=S) groups is 1. The standard InChI is InChI=1S/C25H24F3N7S/c1-15-12-16(2)32-23(31-15)34-22(29-11-10-17-14-30-21-9-4-3-8-20(17)21)35-24(36)33-19-7-5-6-18(13-19)25(26,27)28/h3-9,12-14,30H,10-11H2,1-2H3,(H3,29,31,32,33,34,35,36). The molecule has 4 rings (SSSR count). The van der Waals surface area contributed by atoms with Gasteiger partial charge in [0.15, 0.2) is 5.11 Å². The molecule has 0 saturated heterocycles. The fourth-order valence-electron chi connectivity index (χ4n) is 3.67. The zero-order chi connectivity index (χ0) is 25.7. The molecule has 36 heavy (non-hydrogen) atoms. The van der Waals surface area contributed by atoms with Gasteiger partial charge in [-0.15, -0.1) is 0 Å². The third-order valence-corrected chi connectivity index (χ3v) is 5.42. The third-order valence-electron chi connectivity index (χ3n) is 5.22. The Bertz CT molecular complexity index is 1390. The number of alkyl halides is 3. The summed E-state index contributed by atoms with van der Waals surface area (Å²) in [6.45, 7) is 4.11. The predicted molar refractivity (Wildman–Crippen MR) is 140 cm³/mol. The number of guanidine groups is 1. The fourth-order valence-corrected chi connectivity index (χ4v) is 3.88. The minimum atomic E-state index is -4.45. The normalized spacial score (nSPS) is 12.0. The van der Waals surface area contributed by atoms with Gasteiger partial charge in [0, 0.05) is 40.7 Å². The van der Waals surface area contributed by atoms with Crippen LogP contribution in [0.4, 0.5) is 24.8 Å². The lowest BCUT2D eigenvalue weighted by molar-refractivity contribution is -0.137. The average molecular weight is 512 g/mol. The number of aromatic amines is 1. The van der Waals surface area contributed by atoms with E-state index in [2.05, 4.69) is 35.9 Å². The van der Waals surface area contributed by atoms with E-state index in [1.165, 1.54) is 12.1 Å². The minimum Gasteiger partial charge on any atom is -0.361 e. The van der Waals surface area contributed by atoms with Crippen molar-refractivity contribution >= 4 is 45.8 Å². The number of anilines is 2. The molecule has 0 aliphatic carbocycles. The van der Waals surface area contributed by atoms with E-state index in [0.717, 1.165) is 40.0 Å². The number of rotatable bonds is 5. The second-order valence-electron chi connectivity index (χ2n) is 8.10. The van der Waals surface area contributed by atoms with Crippen LogP contribution in [0.3, 0.4) is 0 Å². The quantitative estimate of drug-likeness (QED) is 0.159. The highest BCUT2D eigenvalue weighted by Crippen LogP contribution is 2.30. The first-order valence-electron chi connectivity index (χ1n) is 11.1. The molecule has 0 fully saturated rings. The molecule has 0 atom stereocenters. The smallest absolute Gasteiger partial charge is 0.361 e. The van der Waals surface area contributed by atoms with Gasteiger partial charge in [-0.05, 0) is 68.4 Å². The summed E-state index contributed by atoms with van der Waals surface area (Å²) in [6, 6.07) is 14.6. The molecule has 0 unspecified atom stereocenters. The molecular weight excluding hydrogens is 487 g/mol. The Labute approximate surface area is 211 Å². The van der Waals surface area contributed by atoms with Gasteiger partial charge in [0.25, 0.3) is 0 Å². The van der Waals surface area contributed by atoms with Gasteiger partial charge in [-0.2, -0.15) is 13.2 Å². The summed E-state index contributed by atoms with van der Waals surface area (Å²) in [5.41, 5.74) is 3.12. The van der Waals surface area contributed by atoms with Gasteiger partial charge in [0.1, 0.15) is 0 Å². The van der Waals surface area contributed by atoms with E-state index < -0.39 is 11.7 Å². The van der Waals surface area contributed by atoms with E-state index in [1.54, 1.807) is 0 Å². The molecule has 7 nitrogen and oxygen atoms in total. The number of fused-ring (bicyclic) bond motifs is 1. The molecule has 2 aromatic heterocycles. The number of aromatic nitrogens is 3. The third kappa shape index (κ3) is 6.57. The van der Waals surface area contributed by atoms with Gasteiger partial charge in [-0.25, -0.2) is 9.97 Å². The Balaban J connectivity index is 1.50. The lowest BCUT2D eigenvalue weighted by Crippen LogP contribution is -2.39. The van der Waals surface area contributed by atoms with E-state index in [4.69, 9.17) is 12.2 Å². The van der Waals surface area contributed by atoms with Crippen LogP contribution in [0.2, 0.25) is 0 Å². The molecule has 4 aromatic rings. The minimum absolute atomic E-state index is 0.0667. The molecule has 2 aromatic carbocycles. The maximum absolute atomic E-state index is 13.1. The van der Waals surface area contributed by atoms with Gasteiger partial charge in [0.2, 0.25) is 11.9 Å². The van der Waals surface area contributed by atoms with Crippen molar-refractivity contribution in [2.45, 2.75) is 26.4 Å². The van der Waals surface area contributed by atoms with E-state index in [9.17, 15) is 13.2 Å². The summed E-state index contributed by atoms with van der Waals surface area (Å²) in [5, 5.41) is 9.91. The summed E-state index contributed by atoms with van der Waals surface area (Å²) >= 11 is 5.34. The molecule has 11 heteroatoms. The fraction of sp³-hybridized carbons (Fsp3) is 0.200. The Morgan fingerprint density at radius 3 is 2.50 bits per heavy atom. The van der Waals surface area contributed by atoms with Crippen LogP contribution in [0.25, 0.3) is 10.9 Å². The topological polar surface area (TPSA) is 90.0 Å². The lowest BCUT2D eigenvalue weighted by Gasteiger charge is -2.15. The molecule has 4 N–H and O–H groups in total. The number of para-hydroxylation sites is 1. The molecule has 186 valence electrons. The van der Waals surface area contributed by atoms with Crippen LogP contribution in [-0.2, 0) is 12.6 Å². The number of aliphatic imine (C=N–C) groups is 1. The molecule has 0 amide bonds. The molecule has 0 aliphatic heterocycles. The van der Waals surface area contributed by atoms with Gasteiger partial charge in [0.05, 0.1) is 5.56 Å². The van der Waals surface area contributed by atoms with Gasteiger partial charge in [-0.1, -0.05) is 24.3 Å². The molecule has 0 spiro atoms. The molecular formula is C25H24F3N7S. The van der Waals surface area contributed by atoms with Crippen molar-refractivity contribution in [3.05, 3.63) is 83.3 Å². The zero-order valence-corrected chi connectivity index (χ0v) is 20.4. The van der Waals surface area contributed by atoms with Crippen LogP contribution in [0.15, 0.2) is 65.8 Å². The number of hydrogen-bond acceptors (Lipinski definition) is 4. The first-order valence-corrected chi connectivity index (χ1v) is 11.5. The second kappa shape index (κ2) is 10.7. The van der Waals surface area contributed by atoms with E-state index in [1.807, 2.05) is 50.4 Å². The SMILES string of the molecule is Cc1cc(C)nc(NC(=NCCc2c[nH]c3ccccc23)NC(=S)Nc2cccc(C(F)(F)F)c2)n1. The number of aryl methyl sites for hydroxylation is 2. The van der Waals surface area contributed by atoms with Crippen molar-refractivity contribution in [1.82, 2.24) is 20.3 Å². The van der Waals surface area contributed by atoms with Crippen molar-refractivity contribution in [3.8, 4) is 0 Å². The number of nitrogens with zero attached hydrogens (tertiary/aromatic N) is 3. The number of halogens is 3. The molecule has 0 bridgehead atoms. The first kappa shape index (κ1) is 25.1. The van der Waals surface area contributed by atoms with Gasteiger partial charge in [-0.3, -0.25) is 10.3 Å². The van der Waals surface area contributed by atoms with Crippen LogP contribution in [0, 0.1) is 13.8 Å². The van der Waals surface area contributed by atoms with Crippen molar-refractivity contribution < 1.29 is 13.2 Å². The van der Waals surface area contributed by atoms with E-state index >= 15 is 0 Å². The van der Waals surface area contributed by atoms with Crippen LogP contribution in [-0.4, -0.2) is 32.6 Å². The highest BCUT2D eigenvalue weighted by Gasteiger charge is 2.30. The Morgan fingerprint density at radius 1 is 1.00 bits per heavy atom. The number of hydrogen-bond donors (Lipinski definition) is 4. The Kier molecular flexibility index (Phi) is 7.49. The Hall–Kier alpha value is -3.99. The van der Waals surface area contributed by atoms with Crippen molar-refractivity contribution in [2.75, 3.05) is 17.2 Å². The predicted octanol–water partition coefficient (Wildman–Crippen LogP) is 5.59. The van der Waals surface area contributed by atoms with E-state index in [0.29, 0.717) is 18.9 Å². The van der Waals surface area contributed by atoms with Crippen molar-refractivity contribution in [2.24, 2.45) is 4.99 Å². The largest absolute Gasteiger partial charge is 0.416 e. The zero-order valence-electron chi connectivity index (χ0n) is 19.6. The van der Waals surface area contributed by atoms with Crippen LogP contribution < -0.4 is 16.0 Å². The van der Waals surface area contributed by atoms with Crippen LogP contribution >= 0.6 is 12.2 Å². The highest BCUT2D eigenvalue weighted by atomic mass is 32.1. The highest BCUT2D eigenvalue weighted by molar-refractivity contribution is 7.80. The summed E-state index contributed by atoms with van der Waals surface area (Å²) < 4.78 is 39.2. The average Bonchev–Trinajstić information content (AvgIpc) is 3.21. The maximum atomic E-state index is 13.1. The summed E-state index contributed by atoms with van der Waals surface area (Å²) in [6.07, 6.45) is -1.85. The summed E-state index contributed by atoms with van der Waals surface area (Å²) in [7, 11) is 0. The number of H-pyrrole nitrogens is 1. The number of nitrogens with one attached hydrogen (secondary N) is 4. The van der Waals surface area contributed by atoms with Gasteiger partial charge < -0.3 is 15.6 Å². The summed E-state index contributed by atoms with van der Waals surface area (Å²) in [5.74, 6) is 0.594. The molecule has 2 heterocycles. The van der Waals surface area contributed by atoms with Crippen molar-refractivity contribution in [3.63, 3.8) is 0 Å². The summed E-state index contributed by atoms with van der Waals surface area (Å²) in [4.78, 5) is 16.6. The molecule has 0 aliphatic rings.